The molecule has 1 aliphatic rings. The fourth-order valence-electron chi connectivity index (χ4n) is 2.39. The lowest BCUT2D eigenvalue weighted by Gasteiger charge is -2.29. The summed E-state index contributed by atoms with van der Waals surface area (Å²) in [4.78, 5) is 4.04. The van der Waals surface area contributed by atoms with E-state index in [1.54, 1.807) is 0 Å². The number of nitrogens with two attached hydrogens (primary N) is 1. The lowest BCUT2D eigenvalue weighted by molar-refractivity contribution is 0.322. The Morgan fingerprint density at radius 2 is 1.88 bits per heavy atom. The van der Waals surface area contributed by atoms with E-state index in [2.05, 4.69) is 29.4 Å². The van der Waals surface area contributed by atoms with Crippen molar-refractivity contribution < 1.29 is 0 Å². The van der Waals surface area contributed by atoms with Crippen LogP contribution in [-0.4, -0.2) is 17.1 Å². The largest absolute Gasteiger partial charge is 0.328 e. The summed E-state index contributed by atoms with van der Waals surface area (Å²) in [6, 6.07) is 5.61. The minimum Gasteiger partial charge on any atom is -0.328 e. The summed E-state index contributed by atoms with van der Waals surface area (Å²) >= 11 is 0. The van der Waals surface area contributed by atoms with E-state index in [4.69, 9.17) is 5.73 Å². The van der Waals surface area contributed by atoms with E-state index in [1.165, 1.54) is 18.4 Å². The van der Waals surface area contributed by atoms with Crippen LogP contribution in [0.25, 0.3) is 0 Å². The second-order valence-corrected chi connectivity index (χ2v) is 4.78. The van der Waals surface area contributed by atoms with Crippen LogP contribution in [0.1, 0.15) is 44.2 Å². The van der Waals surface area contributed by atoms with E-state index < -0.39 is 0 Å². The van der Waals surface area contributed by atoms with Crippen molar-refractivity contribution in [1.82, 2.24) is 10.3 Å². The van der Waals surface area contributed by atoms with Gasteiger partial charge in [0.25, 0.3) is 0 Å². The van der Waals surface area contributed by atoms with Gasteiger partial charge in [-0.3, -0.25) is 4.98 Å². The molecule has 0 aliphatic heterocycles. The zero-order valence-corrected chi connectivity index (χ0v) is 9.89. The molecular weight excluding hydrogens is 198 g/mol. The number of nitrogens with one attached hydrogen (secondary N) is 1. The lowest BCUT2D eigenvalue weighted by atomic mass is 9.91. The molecule has 0 amide bonds. The molecule has 0 aromatic carbocycles. The van der Waals surface area contributed by atoms with Gasteiger partial charge in [-0.05, 0) is 50.3 Å². The van der Waals surface area contributed by atoms with Crippen molar-refractivity contribution in [3.63, 3.8) is 0 Å². The predicted molar refractivity (Wildman–Crippen MR) is 66.0 cm³/mol. The highest BCUT2D eigenvalue weighted by Crippen LogP contribution is 2.20. The third-order valence-corrected chi connectivity index (χ3v) is 3.46. The van der Waals surface area contributed by atoms with E-state index in [1.807, 2.05) is 12.4 Å². The second-order valence-electron chi connectivity index (χ2n) is 4.78. The molecule has 0 bridgehead atoms. The van der Waals surface area contributed by atoms with Crippen LogP contribution < -0.4 is 11.1 Å². The van der Waals surface area contributed by atoms with Gasteiger partial charge in [0, 0.05) is 30.5 Å². The Morgan fingerprint density at radius 1 is 1.25 bits per heavy atom. The van der Waals surface area contributed by atoms with Gasteiger partial charge in [-0.2, -0.15) is 0 Å². The fourth-order valence-corrected chi connectivity index (χ4v) is 2.39. The minimum atomic E-state index is 0.405. The maximum atomic E-state index is 5.90. The van der Waals surface area contributed by atoms with Crippen LogP contribution in [0.5, 0.6) is 0 Å². The highest BCUT2D eigenvalue weighted by Gasteiger charge is 2.19. The molecule has 3 nitrogen and oxygen atoms in total. The van der Waals surface area contributed by atoms with Gasteiger partial charge in [0.2, 0.25) is 0 Å². The Hall–Kier alpha value is -0.930. The Kier molecular flexibility index (Phi) is 3.91. The zero-order chi connectivity index (χ0) is 11.4. The molecule has 0 unspecified atom stereocenters. The maximum Gasteiger partial charge on any atom is 0.0295 e. The summed E-state index contributed by atoms with van der Waals surface area (Å²) in [5.41, 5.74) is 7.21. The van der Waals surface area contributed by atoms with Crippen molar-refractivity contribution in [2.24, 2.45) is 5.73 Å². The average molecular weight is 219 g/mol. The van der Waals surface area contributed by atoms with E-state index in [0.29, 0.717) is 18.1 Å². The highest BCUT2D eigenvalue weighted by atomic mass is 14.9. The van der Waals surface area contributed by atoms with Gasteiger partial charge >= 0.3 is 0 Å². The number of aromatic nitrogens is 1. The van der Waals surface area contributed by atoms with Gasteiger partial charge < -0.3 is 11.1 Å². The molecule has 2 rings (SSSR count). The molecule has 1 aromatic rings. The van der Waals surface area contributed by atoms with Gasteiger partial charge in [0.05, 0.1) is 0 Å². The van der Waals surface area contributed by atoms with Crippen LogP contribution in [0.4, 0.5) is 0 Å². The van der Waals surface area contributed by atoms with Crippen LogP contribution in [0.3, 0.4) is 0 Å². The SMILES string of the molecule is C[C@H](NC1CCC(N)CC1)c1ccncc1. The van der Waals surface area contributed by atoms with Crippen LogP contribution in [0.15, 0.2) is 24.5 Å². The van der Waals surface area contributed by atoms with Gasteiger partial charge in [0.15, 0.2) is 0 Å². The average Bonchev–Trinajstić information content (AvgIpc) is 2.33. The number of hydrogen-bond acceptors (Lipinski definition) is 3. The summed E-state index contributed by atoms with van der Waals surface area (Å²) < 4.78 is 0. The normalized spacial score (nSPS) is 27.6. The van der Waals surface area contributed by atoms with Crippen molar-refractivity contribution in [2.75, 3.05) is 0 Å². The van der Waals surface area contributed by atoms with Gasteiger partial charge in [-0.15, -0.1) is 0 Å². The molecule has 88 valence electrons. The van der Waals surface area contributed by atoms with Gasteiger partial charge in [0.1, 0.15) is 0 Å². The maximum absolute atomic E-state index is 5.90. The van der Waals surface area contributed by atoms with Crippen LogP contribution in [0, 0.1) is 0 Å². The smallest absolute Gasteiger partial charge is 0.0295 e. The summed E-state index contributed by atoms with van der Waals surface area (Å²) in [6.45, 7) is 2.21. The molecule has 0 spiro atoms. The van der Waals surface area contributed by atoms with Crippen molar-refractivity contribution in [3.05, 3.63) is 30.1 Å². The molecule has 16 heavy (non-hydrogen) atoms. The first-order valence-corrected chi connectivity index (χ1v) is 6.17. The minimum absolute atomic E-state index is 0.405. The Balaban J connectivity index is 1.86. The van der Waals surface area contributed by atoms with E-state index in [-0.39, 0.29) is 0 Å². The molecule has 0 saturated heterocycles. The molecule has 3 N–H and O–H groups in total. The summed E-state index contributed by atoms with van der Waals surface area (Å²) in [6.07, 6.45) is 8.42. The second kappa shape index (κ2) is 5.41. The molecule has 1 saturated carbocycles. The van der Waals surface area contributed by atoms with Crippen LogP contribution in [0.2, 0.25) is 0 Å². The van der Waals surface area contributed by atoms with Crippen molar-refractivity contribution in [3.8, 4) is 0 Å². The fraction of sp³-hybridized carbons (Fsp3) is 0.615. The van der Waals surface area contributed by atoms with E-state index in [9.17, 15) is 0 Å². The van der Waals surface area contributed by atoms with Crippen molar-refractivity contribution in [1.29, 1.82) is 0 Å². The van der Waals surface area contributed by atoms with Crippen molar-refractivity contribution in [2.45, 2.75) is 50.7 Å². The number of rotatable bonds is 3. The molecular formula is C13H21N3. The van der Waals surface area contributed by atoms with E-state index in [0.717, 1.165) is 12.8 Å². The Morgan fingerprint density at radius 3 is 2.50 bits per heavy atom. The standard InChI is InChI=1S/C13H21N3/c1-10(11-6-8-15-9-7-11)16-13-4-2-12(14)3-5-13/h6-10,12-13,16H,2-5,14H2,1H3/t10-,12?,13?/m0/s1. The first kappa shape index (κ1) is 11.6. The predicted octanol–water partition coefficient (Wildman–Crippen LogP) is 2.00. The third kappa shape index (κ3) is 3.03. The van der Waals surface area contributed by atoms with Gasteiger partial charge in [-0.1, -0.05) is 0 Å². The lowest BCUT2D eigenvalue weighted by Crippen LogP contribution is -2.38. The molecule has 1 aromatic heterocycles. The van der Waals surface area contributed by atoms with Crippen molar-refractivity contribution >= 4 is 0 Å². The van der Waals surface area contributed by atoms with Gasteiger partial charge in [-0.25, -0.2) is 0 Å². The molecule has 1 aliphatic carbocycles. The zero-order valence-electron chi connectivity index (χ0n) is 9.89. The summed E-state index contributed by atoms with van der Waals surface area (Å²) in [5.74, 6) is 0. The topological polar surface area (TPSA) is 50.9 Å². The third-order valence-electron chi connectivity index (χ3n) is 3.46. The van der Waals surface area contributed by atoms with E-state index >= 15 is 0 Å². The highest BCUT2D eigenvalue weighted by molar-refractivity contribution is 5.14. The summed E-state index contributed by atoms with van der Waals surface area (Å²) in [5, 5.41) is 3.67. The quantitative estimate of drug-likeness (QED) is 0.817. The molecule has 1 atom stereocenters. The molecule has 0 radical (unpaired) electrons. The molecule has 3 heteroatoms. The molecule has 1 fully saturated rings. The first-order chi connectivity index (χ1) is 7.75. The molecule has 1 heterocycles. The van der Waals surface area contributed by atoms with Crippen LogP contribution >= 0.6 is 0 Å². The number of nitrogens with zero attached hydrogens (tertiary/aromatic N) is 1. The summed E-state index contributed by atoms with van der Waals surface area (Å²) in [7, 11) is 0. The van der Waals surface area contributed by atoms with Crippen LogP contribution in [-0.2, 0) is 0 Å². The Labute approximate surface area is 97.5 Å². The number of pyridine rings is 1. The number of hydrogen-bond donors (Lipinski definition) is 2. The first-order valence-electron chi connectivity index (χ1n) is 6.17. The Bertz CT molecular complexity index is 304. The monoisotopic (exact) mass is 219 g/mol.